The van der Waals surface area contributed by atoms with E-state index in [0.29, 0.717) is 0 Å². The fourth-order valence-corrected chi connectivity index (χ4v) is 7.59. The fourth-order valence-electron chi connectivity index (χ4n) is 7.59. The number of benzene rings is 9. The molecule has 2 nitrogen and oxygen atoms in total. The van der Waals surface area contributed by atoms with Crippen molar-refractivity contribution in [3.8, 4) is 11.1 Å². The minimum Gasteiger partial charge on any atom is -0.456 e. The average molecular weight is 612 g/mol. The molecule has 0 amide bonds. The molecule has 0 saturated heterocycles. The summed E-state index contributed by atoms with van der Waals surface area (Å²) in [5, 5.41) is 12.3. The van der Waals surface area contributed by atoms with E-state index in [9.17, 15) is 0 Å². The molecule has 1 heterocycles. The number of hydrogen-bond acceptors (Lipinski definition) is 2. The second-order valence-electron chi connectivity index (χ2n) is 12.5. The molecule has 1 aromatic heterocycles. The lowest BCUT2D eigenvalue weighted by atomic mass is 9.90. The van der Waals surface area contributed by atoms with Gasteiger partial charge in [0.1, 0.15) is 11.2 Å². The van der Waals surface area contributed by atoms with Gasteiger partial charge in [-0.2, -0.15) is 0 Å². The van der Waals surface area contributed by atoms with Crippen molar-refractivity contribution >= 4 is 82.1 Å². The van der Waals surface area contributed by atoms with Gasteiger partial charge in [0.25, 0.3) is 0 Å². The van der Waals surface area contributed by atoms with E-state index in [-0.39, 0.29) is 0 Å². The van der Waals surface area contributed by atoms with Crippen LogP contribution in [-0.4, -0.2) is 0 Å². The van der Waals surface area contributed by atoms with Crippen molar-refractivity contribution in [2.24, 2.45) is 0 Å². The largest absolute Gasteiger partial charge is 0.456 e. The third-order valence-corrected chi connectivity index (χ3v) is 9.79. The summed E-state index contributed by atoms with van der Waals surface area (Å²) < 4.78 is 6.34. The molecule has 0 aliphatic carbocycles. The summed E-state index contributed by atoms with van der Waals surface area (Å²) in [5.74, 6) is 0. The Balaban J connectivity index is 1.15. The van der Waals surface area contributed by atoms with Gasteiger partial charge in [-0.3, -0.25) is 0 Å². The van der Waals surface area contributed by atoms with E-state index in [1.165, 1.54) is 48.8 Å². The van der Waals surface area contributed by atoms with E-state index in [1.807, 2.05) is 12.1 Å². The Labute approximate surface area is 277 Å². The summed E-state index contributed by atoms with van der Waals surface area (Å²) in [6, 6.07) is 63.3. The zero-order valence-electron chi connectivity index (χ0n) is 26.1. The van der Waals surface area contributed by atoms with Crippen LogP contribution in [0.3, 0.4) is 0 Å². The predicted octanol–water partition coefficient (Wildman–Crippen LogP) is 13.3. The SMILES string of the molecule is c1ccc(N(c2ccc(-c3cc4ccc5ccccc5c4c4ccccc34)cc2)c2cccc3cc4c(cc23)oc2ccccc24)cc1. The monoisotopic (exact) mass is 611 g/mol. The molecule has 0 spiro atoms. The fraction of sp³-hybridized carbons (Fsp3) is 0. The Morgan fingerprint density at radius 1 is 0.354 bits per heavy atom. The van der Waals surface area contributed by atoms with Crippen LogP contribution in [0.25, 0.3) is 76.2 Å². The molecule has 0 radical (unpaired) electrons. The second-order valence-corrected chi connectivity index (χ2v) is 12.5. The van der Waals surface area contributed by atoms with E-state index in [2.05, 4.69) is 169 Å². The third-order valence-electron chi connectivity index (χ3n) is 9.79. The summed E-state index contributed by atoms with van der Waals surface area (Å²) in [6.45, 7) is 0. The number of para-hydroxylation sites is 2. The molecule has 2 heteroatoms. The number of anilines is 3. The highest BCUT2D eigenvalue weighted by molar-refractivity contribution is 6.23. The van der Waals surface area contributed by atoms with Crippen LogP contribution in [0.5, 0.6) is 0 Å². The van der Waals surface area contributed by atoms with Crippen LogP contribution < -0.4 is 4.90 Å². The van der Waals surface area contributed by atoms with E-state index >= 15 is 0 Å². The molecule has 48 heavy (non-hydrogen) atoms. The van der Waals surface area contributed by atoms with Gasteiger partial charge in [0.05, 0.1) is 5.69 Å². The van der Waals surface area contributed by atoms with E-state index < -0.39 is 0 Å². The van der Waals surface area contributed by atoms with Crippen LogP contribution >= 0.6 is 0 Å². The summed E-state index contributed by atoms with van der Waals surface area (Å²) in [4.78, 5) is 2.35. The smallest absolute Gasteiger partial charge is 0.136 e. The van der Waals surface area contributed by atoms with Crippen LogP contribution in [0.4, 0.5) is 17.1 Å². The Kier molecular flexibility index (Phi) is 5.91. The number of hydrogen-bond donors (Lipinski definition) is 0. The topological polar surface area (TPSA) is 16.4 Å². The van der Waals surface area contributed by atoms with Gasteiger partial charge in [-0.1, -0.05) is 121 Å². The molecule has 0 aliphatic rings. The van der Waals surface area contributed by atoms with Crippen molar-refractivity contribution in [1.82, 2.24) is 0 Å². The maximum absolute atomic E-state index is 6.34. The molecular weight excluding hydrogens is 583 g/mol. The quantitative estimate of drug-likeness (QED) is 0.184. The Hall–Kier alpha value is -6.38. The predicted molar refractivity (Wildman–Crippen MR) is 204 cm³/mol. The highest BCUT2D eigenvalue weighted by Crippen LogP contribution is 2.43. The Morgan fingerprint density at radius 2 is 1.02 bits per heavy atom. The highest BCUT2D eigenvalue weighted by Gasteiger charge is 2.18. The number of nitrogens with zero attached hydrogens (tertiary/aromatic N) is 1. The molecule has 0 bridgehead atoms. The van der Waals surface area contributed by atoms with E-state index in [1.54, 1.807) is 0 Å². The third kappa shape index (κ3) is 4.13. The first-order valence-electron chi connectivity index (χ1n) is 16.4. The van der Waals surface area contributed by atoms with Crippen LogP contribution in [0.1, 0.15) is 0 Å². The highest BCUT2D eigenvalue weighted by atomic mass is 16.3. The van der Waals surface area contributed by atoms with Crippen molar-refractivity contribution < 1.29 is 4.42 Å². The molecule has 9 aromatic carbocycles. The normalized spacial score (nSPS) is 11.8. The first-order chi connectivity index (χ1) is 23.8. The summed E-state index contributed by atoms with van der Waals surface area (Å²) >= 11 is 0. The van der Waals surface area contributed by atoms with E-state index in [0.717, 1.165) is 44.4 Å². The Morgan fingerprint density at radius 3 is 1.88 bits per heavy atom. The van der Waals surface area contributed by atoms with Gasteiger partial charge in [0.15, 0.2) is 0 Å². The van der Waals surface area contributed by atoms with Crippen LogP contribution in [-0.2, 0) is 0 Å². The van der Waals surface area contributed by atoms with Gasteiger partial charge >= 0.3 is 0 Å². The second kappa shape index (κ2) is 10.6. The molecule has 0 atom stereocenters. The lowest BCUT2D eigenvalue weighted by Crippen LogP contribution is -2.10. The molecule has 0 saturated carbocycles. The molecule has 0 aliphatic heterocycles. The number of rotatable bonds is 4. The molecule has 0 unspecified atom stereocenters. The molecule has 10 aromatic rings. The van der Waals surface area contributed by atoms with Crippen LogP contribution in [0.15, 0.2) is 180 Å². The first kappa shape index (κ1) is 26.8. The molecule has 10 rings (SSSR count). The van der Waals surface area contributed by atoms with Gasteiger partial charge in [0, 0.05) is 27.5 Å². The Bertz CT molecular complexity index is 2830. The zero-order valence-corrected chi connectivity index (χ0v) is 26.1. The van der Waals surface area contributed by atoms with Gasteiger partial charge < -0.3 is 9.32 Å². The van der Waals surface area contributed by atoms with Crippen molar-refractivity contribution in [1.29, 1.82) is 0 Å². The van der Waals surface area contributed by atoms with Crippen molar-refractivity contribution in [2.45, 2.75) is 0 Å². The number of furan rings is 1. The van der Waals surface area contributed by atoms with Gasteiger partial charge in [0.2, 0.25) is 0 Å². The average Bonchev–Trinajstić information content (AvgIpc) is 3.52. The van der Waals surface area contributed by atoms with Gasteiger partial charge in [-0.25, -0.2) is 0 Å². The summed E-state index contributed by atoms with van der Waals surface area (Å²) in [6.07, 6.45) is 0. The summed E-state index contributed by atoms with van der Waals surface area (Å²) in [7, 11) is 0. The van der Waals surface area contributed by atoms with Gasteiger partial charge in [-0.05, 0) is 103 Å². The minimum absolute atomic E-state index is 0.899. The molecule has 0 fully saturated rings. The maximum atomic E-state index is 6.34. The summed E-state index contributed by atoms with van der Waals surface area (Å²) in [5.41, 5.74) is 7.55. The lowest BCUT2D eigenvalue weighted by Gasteiger charge is -2.27. The standard InChI is InChI=1S/C46H29NO/c1-2-13-34(14-3-1)47(43-19-10-12-32-27-42-38-17-8-9-20-44(38)48-45(42)29-41(32)43)35-25-23-31(24-26-35)40-28-33-22-21-30-11-4-5-15-36(30)46(33)39-18-7-6-16-37(39)40/h1-29H. The maximum Gasteiger partial charge on any atom is 0.136 e. The minimum atomic E-state index is 0.899. The molecule has 224 valence electrons. The van der Waals surface area contributed by atoms with Crippen molar-refractivity contribution in [3.63, 3.8) is 0 Å². The lowest BCUT2D eigenvalue weighted by molar-refractivity contribution is 0.669. The van der Waals surface area contributed by atoms with Crippen LogP contribution in [0.2, 0.25) is 0 Å². The van der Waals surface area contributed by atoms with Crippen molar-refractivity contribution in [3.05, 3.63) is 176 Å². The van der Waals surface area contributed by atoms with E-state index in [4.69, 9.17) is 4.42 Å². The molecular formula is C46H29NO. The van der Waals surface area contributed by atoms with Crippen molar-refractivity contribution in [2.75, 3.05) is 4.90 Å². The number of fused-ring (bicyclic) bond motifs is 9. The molecule has 0 N–H and O–H groups in total. The van der Waals surface area contributed by atoms with Crippen LogP contribution in [0, 0.1) is 0 Å². The zero-order chi connectivity index (χ0) is 31.6. The van der Waals surface area contributed by atoms with Gasteiger partial charge in [-0.15, -0.1) is 0 Å². The first-order valence-corrected chi connectivity index (χ1v) is 16.4.